The first-order chi connectivity index (χ1) is 12.0. The van der Waals surface area contributed by atoms with Gasteiger partial charge >= 0.3 is 0 Å². The molecule has 3 rings (SSSR count). The van der Waals surface area contributed by atoms with E-state index in [1.807, 2.05) is 18.2 Å². The van der Waals surface area contributed by atoms with Gasteiger partial charge in [0.15, 0.2) is 0 Å². The second kappa shape index (κ2) is 7.54. The number of likely N-dealkylation sites (N-methyl/N-ethyl adjacent to an activating group) is 2. The molecule has 1 aliphatic heterocycles. The van der Waals surface area contributed by atoms with Gasteiger partial charge in [-0.2, -0.15) is 0 Å². The number of amides is 1. The molecule has 0 unspecified atom stereocenters. The van der Waals surface area contributed by atoms with Crippen LogP contribution in [0.1, 0.15) is 17.3 Å². The molecule has 1 heterocycles. The topological polar surface area (TPSA) is 32.8 Å². The van der Waals surface area contributed by atoms with Gasteiger partial charge in [0.25, 0.3) is 5.91 Å². The van der Waals surface area contributed by atoms with E-state index < -0.39 is 0 Å². The van der Waals surface area contributed by atoms with E-state index in [9.17, 15) is 4.79 Å². The second-order valence-electron chi connectivity index (χ2n) is 6.06. The molecule has 4 nitrogen and oxygen atoms in total. The number of rotatable bonds is 4. The summed E-state index contributed by atoms with van der Waals surface area (Å²) in [5.41, 5.74) is 1.61. The van der Waals surface area contributed by atoms with Crippen LogP contribution in [0, 0.1) is 0 Å². The molecule has 1 amide bonds. The zero-order valence-corrected chi connectivity index (χ0v) is 15.7. The third kappa shape index (κ3) is 3.86. The normalized spacial score (nSPS) is 16.2. The summed E-state index contributed by atoms with van der Waals surface area (Å²) in [6, 6.07) is 12.9. The maximum atomic E-state index is 12.6. The maximum absolute atomic E-state index is 12.6. The van der Waals surface area contributed by atoms with Gasteiger partial charge in [-0.25, -0.2) is 0 Å². The maximum Gasteiger partial charge on any atom is 0.253 e. The van der Waals surface area contributed by atoms with Crippen molar-refractivity contribution in [1.29, 1.82) is 0 Å². The molecule has 1 atom stereocenters. The van der Waals surface area contributed by atoms with Crippen LogP contribution in [-0.4, -0.2) is 43.6 Å². The van der Waals surface area contributed by atoms with Gasteiger partial charge in [0, 0.05) is 19.2 Å². The molecular weight excluding hydrogens is 359 g/mol. The minimum atomic E-state index is -0.107. The quantitative estimate of drug-likeness (QED) is 0.792. The average molecular weight is 379 g/mol. The summed E-state index contributed by atoms with van der Waals surface area (Å²) < 4.78 is 6.08. The Balaban J connectivity index is 1.71. The van der Waals surface area contributed by atoms with Gasteiger partial charge < -0.3 is 14.5 Å². The van der Waals surface area contributed by atoms with E-state index >= 15 is 0 Å². The molecule has 0 radical (unpaired) electrons. The van der Waals surface area contributed by atoms with E-state index in [4.69, 9.17) is 27.9 Å². The van der Waals surface area contributed by atoms with E-state index in [0.29, 0.717) is 22.2 Å². The van der Waals surface area contributed by atoms with Gasteiger partial charge in [-0.3, -0.25) is 4.79 Å². The van der Waals surface area contributed by atoms with E-state index in [1.165, 1.54) is 0 Å². The summed E-state index contributed by atoms with van der Waals surface area (Å²) >= 11 is 11.9. The number of hydrogen-bond donors (Lipinski definition) is 0. The molecule has 6 heteroatoms. The van der Waals surface area contributed by atoms with Crippen LogP contribution in [0.4, 0.5) is 5.69 Å². The number of carbonyl (C=O) groups excluding carboxylic acids is 1. The minimum absolute atomic E-state index is 0.0911. The van der Waals surface area contributed by atoms with Crippen LogP contribution in [0.15, 0.2) is 42.5 Å². The highest BCUT2D eigenvalue weighted by molar-refractivity contribution is 6.42. The molecule has 0 fully saturated rings. The van der Waals surface area contributed by atoms with Crippen molar-refractivity contribution in [3.05, 3.63) is 58.1 Å². The van der Waals surface area contributed by atoms with Crippen molar-refractivity contribution in [2.75, 3.05) is 31.6 Å². The first-order valence-corrected chi connectivity index (χ1v) is 8.96. The Morgan fingerprint density at radius 2 is 2.00 bits per heavy atom. The fourth-order valence-corrected chi connectivity index (χ4v) is 3.31. The summed E-state index contributed by atoms with van der Waals surface area (Å²) in [7, 11) is 1.77. The van der Waals surface area contributed by atoms with Crippen molar-refractivity contribution in [3.8, 4) is 5.75 Å². The number of nitrogens with zero attached hydrogens (tertiary/aromatic N) is 2. The molecular formula is C19H20Cl2N2O2. The Hall–Kier alpha value is -1.91. The van der Waals surface area contributed by atoms with Crippen molar-refractivity contribution >= 4 is 34.8 Å². The number of carbonyl (C=O) groups is 1. The Morgan fingerprint density at radius 3 is 2.72 bits per heavy atom. The summed E-state index contributed by atoms with van der Waals surface area (Å²) in [6.07, 6.45) is -0.0911. The van der Waals surface area contributed by atoms with Gasteiger partial charge in [0.05, 0.1) is 28.8 Å². The predicted molar refractivity (Wildman–Crippen MR) is 102 cm³/mol. The molecule has 0 aliphatic carbocycles. The molecule has 2 aromatic rings. The third-order valence-electron chi connectivity index (χ3n) is 4.30. The summed E-state index contributed by atoms with van der Waals surface area (Å²) in [5.74, 6) is 0.750. The molecule has 0 spiro atoms. The van der Waals surface area contributed by atoms with Gasteiger partial charge in [-0.05, 0) is 37.3 Å². The van der Waals surface area contributed by atoms with Crippen LogP contribution in [0.3, 0.4) is 0 Å². The Kier molecular flexibility index (Phi) is 5.40. The number of benzene rings is 2. The van der Waals surface area contributed by atoms with Crippen LogP contribution < -0.4 is 9.64 Å². The number of anilines is 1. The Labute approximate surface area is 157 Å². The third-order valence-corrected chi connectivity index (χ3v) is 5.04. The van der Waals surface area contributed by atoms with Gasteiger partial charge in [-0.15, -0.1) is 0 Å². The molecule has 0 N–H and O–H groups in total. The van der Waals surface area contributed by atoms with Crippen molar-refractivity contribution in [1.82, 2.24) is 4.90 Å². The van der Waals surface area contributed by atoms with Crippen molar-refractivity contribution in [2.24, 2.45) is 0 Å². The van der Waals surface area contributed by atoms with E-state index in [-0.39, 0.29) is 12.0 Å². The highest BCUT2D eigenvalue weighted by Gasteiger charge is 2.27. The Bertz CT molecular complexity index is 782. The lowest BCUT2D eigenvalue weighted by Gasteiger charge is -2.37. The molecule has 0 aromatic heterocycles. The first kappa shape index (κ1) is 17.9. The van der Waals surface area contributed by atoms with E-state index in [1.54, 1.807) is 30.1 Å². The van der Waals surface area contributed by atoms with Crippen molar-refractivity contribution < 1.29 is 9.53 Å². The summed E-state index contributed by atoms with van der Waals surface area (Å²) in [4.78, 5) is 16.6. The molecule has 0 saturated carbocycles. The highest BCUT2D eigenvalue weighted by atomic mass is 35.5. The minimum Gasteiger partial charge on any atom is -0.485 e. The highest BCUT2D eigenvalue weighted by Crippen LogP contribution is 2.33. The lowest BCUT2D eigenvalue weighted by Crippen LogP contribution is -2.46. The van der Waals surface area contributed by atoms with Gasteiger partial charge in [-0.1, -0.05) is 35.3 Å². The number of fused-ring (bicyclic) bond motifs is 1. The Morgan fingerprint density at radius 1 is 1.24 bits per heavy atom. The van der Waals surface area contributed by atoms with Crippen LogP contribution in [0.25, 0.3) is 0 Å². The SMILES string of the molecule is CCN1C[C@H](CN(C)C(=O)c2ccc(Cl)c(Cl)c2)Oc2ccccc21. The van der Waals surface area contributed by atoms with Crippen LogP contribution >= 0.6 is 23.2 Å². The summed E-state index contributed by atoms with van der Waals surface area (Å²) in [6.45, 7) is 4.24. The lowest BCUT2D eigenvalue weighted by atomic mass is 10.1. The largest absolute Gasteiger partial charge is 0.485 e. The van der Waals surface area contributed by atoms with Gasteiger partial charge in [0.1, 0.15) is 11.9 Å². The lowest BCUT2D eigenvalue weighted by molar-refractivity contribution is 0.0709. The van der Waals surface area contributed by atoms with E-state index in [2.05, 4.69) is 17.9 Å². The second-order valence-corrected chi connectivity index (χ2v) is 6.88. The fourth-order valence-electron chi connectivity index (χ4n) is 3.01. The number of ether oxygens (including phenoxy) is 1. The smallest absolute Gasteiger partial charge is 0.253 e. The number of para-hydroxylation sites is 2. The molecule has 0 bridgehead atoms. The fraction of sp³-hybridized carbons (Fsp3) is 0.316. The standard InChI is InChI=1S/C19H20Cl2N2O2/c1-3-23-12-14(25-18-7-5-4-6-17(18)23)11-22(2)19(24)13-8-9-15(20)16(21)10-13/h4-10,14H,3,11-12H2,1-2H3/t14-/m0/s1. The molecule has 1 aliphatic rings. The number of halogens is 2. The van der Waals surface area contributed by atoms with Crippen molar-refractivity contribution in [2.45, 2.75) is 13.0 Å². The van der Waals surface area contributed by atoms with Crippen LogP contribution in [0.2, 0.25) is 10.0 Å². The molecule has 0 saturated heterocycles. The van der Waals surface area contributed by atoms with Crippen LogP contribution in [0.5, 0.6) is 5.75 Å². The predicted octanol–water partition coefficient (Wildman–Crippen LogP) is 4.35. The number of hydrogen-bond acceptors (Lipinski definition) is 3. The van der Waals surface area contributed by atoms with Crippen molar-refractivity contribution in [3.63, 3.8) is 0 Å². The molecule has 2 aromatic carbocycles. The van der Waals surface area contributed by atoms with Gasteiger partial charge in [0.2, 0.25) is 0 Å². The molecule has 132 valence electrons. The monoisotopic (exact) mass is 378 g/mol. The zero-order chi connectivity index (χ0) is 18.0. The first-order valence-electron chi connectivity index (χ1n) is 8.20. The molecule has 25 heavy (non-hydrogen) atoms. The summed E-state index contributed by atoms with van der Waals surface area (Å²) in [5, 5.41) is 0.813. The van der Waals surface area contributed by atoms with E-state index in [0.717, 1.165) is 24.5 Å². The zero-order valence-electron chi connectivity index (χ0n) is 14.2. The van der Waals surface area contributed by atoms with Crippen LogP contribution in [-0.2, 0) is 0 Å². The average Bonchev–Trinajstić information content (AvgIpc) is 2.62.